The maximum absolute atomic E-state index is 13.4. The molecule has 2 aromatic carbocycles. The first-order valence-corrected chi connectivity index (χ1v) is 10.8. The minimum absolute atomic E-state index is 0.132. The van der Waals surface area contributed by atoms with E-state index in [9.17, 15) is 18.0 Å². The Bertz CT molecular complexity index is 1620. The van der Waals surface area contributed by atoms with Crippen LogP contribution in [0.25, 0.3) is 38.6 Å². The smallest absolute Gasteiger partial charge is 0.367 e. The SMILES string of the molecule is C=CCNc1ccc(-c2ccc3ncc4ccc(=O)n(-c5cccc(C(F)(F)F)c5)c4c3c2)cn1. The number of pyridine rings is 3. The molecule has 3 aromatic heterocycles. The monoisotopic (exact) mass is 472 g/mol. The van der Waals surface area contributed by atoms with E-state index in [-0.39, 0.29) is 5.69 Å². The molecule has 0 radical (unpaired) electrons. The number of benzene rings is 2. The quantitative estimate of drug-likeness (QED) is 0.244. The van der Waals surface area contributed by atoms with Crippen molar-refractivity contribution in [3.8, 4) is 16.8 Å². The van der Waals surface area contributed by atoms with Crippen molar-refractivity contribution in [2.24, 2.45) is 0 Å². The number of nitrogens with one attached hydrogen (secondary N) is 1. The molecule has 0 atom stereocenters. The van der Waals surface area contributed by atoms with Crippen molar-refractivity contribution < 1.29 is 13.2 Å². The zero-order valence-electron chi connectivity index (χ0n) is 18.4. The zero-order valence-corrected chi connectivity index (χ0v) is 18.4. The second-order valence-corrected chi connectivity index (χ2v) is 7.95. The molecule has 35 heavy (non-hydrogen) atoms. The molecule has 0 unspecified atom stereocenters. The zero-order chi connectivity index (χ0) is 24.6. The number of aromatic nitrogens is 3. The minimum Gasteiger partial charge on any atom is -0.367 e. The van der Waals surface area contributed by atoms with Crippen LogP contribution >= 0.6 is 0 Å². The van der Waals surface area contributed by atoms with Crippen LogP contribution in [0.5, 0.6) is 0 Å². The summed E-state index contributed by atoms with van der Waals surface area (Å²) in [6.07, 6.45) is 0.551. The number of halogens is 3. The average molecular weight is 472 g/mol. The average Bonchev–Trinajstić information content (AvgIpc) is 2.87. The molecule has 0 amide bonds. The van der Waals surface area contributed by atoms with Crippen LogP contribution in [0.1, 0.15) is 5.56 Å². The molecule has 0 aliphatic heterocycles. The molecule has 0 aliphatic rings. The second kappa shape index (κ2) is 8.72. The number of hydrogen-bond donors (Lipinski definition) is 1. The largest absolute Gasteiger partial charge is 0.416 e. The number of hydrogen-bond acceptors (Lipinski definition) is 4. The second-order valence-electron chi connectivity index (χ2n) is 7.95. The van der Waals surface area contributed by atoms with Gasteiger partial charge in [0.05, 0.1) is 16.6 Å². The lowest BCUT2D eigenvalue weighted by molar-refractivity contribution is -0.137. The topological polar surface area (TPSA) is 59.8 Å². The van der Waals surface area contributed by atoms with Crippen LogP contribution in [0.3, 0.4) is 0 Å². The number of rotatable bonds is 5. The van der Waals surface area contributed by atoms with Gasteiger partial charge in [-0.3, -0.25) is 14.3 Å². The highest BCUT2D eigenvalue weighted by Gasteiger charge is 2.30. The van der Waals surface area contributed by atoms with E-state index in [1.807, 2.05) is 30.3 Å². The molecule has 0 saturated carbocycles. The van der Waals surface area contributed by atoms with Gasteiger partial charge in [0.15, 0.2) is 0 Å². The van der Waals surface area contributed by atoms with E-state index in [1.165, 1.54) is 22.8 Å². The van der Waals surface area contributed by atoms with E-state index >= 15 is 0 Å². The molecular weight excluding hydrogens is 453 g/mol. The maximum Gasteiger partial charge on any atom is 0.416 e. The van der Waals surface area contributed by atoms with E-state index in [2.05, 4.69) is 21.9 Å². The standard InChI is InChI=1S/C27H19F3N4O/c1-2-12-31-24-10-7-18(15-33-24)17-6-9-23-22(13-17)26-19(16-32-23)8-11-25(35)34(26)21-5-3-4-20(14-21)27(28,29)30/h2-11,13-16H,1,12H2,(H,31,33). The predicted molar refractivity (Wildman–Crippen MR) is 132 cm³/mol. The number of anilines is 1. The Balaban J connectivity index is 1.72. The van der Waals surface area contributed by atoms with Gasteiger partial charge in [-0.2, -0.15) is 13.2 Å². The molecule has 0 fully saturated rings. The van der Waals surface area contributed by atoms with Gasteiger partial charge in [-0.05, 0) is 54.1 Å². The molecule has 0 aliphatic carbocycles. The Morgan fingerprint density at radius 1 is 0.943 bits per heavy atom. The van der Waals surface area contributed by atoms with Gasteiger partial charge in [0.2, 0.25) is 0 Å². The van der Waals surface area contributed by atoms with Crippen LogP contribution in [-0.2, 0) is 6.18 Å². The molecule has 1 N–H and O–H groups in total. The predicted octanol–water partition coefficient (Wildman–Crippen LogP) is 6.22. The van der Waals surface area contributed by atoms with Gasteiger partial charge >= 0.3 is 6.18 Å². The van der Waals surface area contributed by atoms with Crippen molar-refractivity contribution in [1.82, 2.24) is 14.5 Å². The van der Waals surface area contributed by atoms with Gasteiger partial charge in [-0.15, -0.1) is 6.58 Å². The summed E-state index contributed by atoms with van der Waals surface area (Å²) < 4.78 is 41.4. The summed E-state index contributed by atoms with van der Waals surface area (Å²) in [5, 5.41) is 4.39. The fraction of sp³-hybridized carbons (Fsp3) is 0.0741. The number of alkyl halides is 3. The lowest BCUT2D eigenvalue weighted by Crippen LogP contribution is -2.18. The summed E-state index contributed by atoms with van der Waals surface area (Å²) in [5.74, 6) is 0.708. The van der Waals surface area contributed by atoms with Crippen LogP contribution in [0.15, 0.2) is 96.6 Å². The summed E-state index contributed by atoms with van der Waals surface area (Å²) in [6.45, 7) is 4.26. The highest BCUT2D eigenvalue weighted by molar-refractivity contribution is 6.05. The summed E-state index contributed by atoms with van der Waals surface area (Å²) in [5.41, 5.74) is 1.65. The molecule has 174 valence electrons. The van der Waals surface area contributed by atoms with E-state index in [0.29, 0.717) is 34.2 Å². The highest BCUT2D eigenvalue weighted by Crippen LogP contribution is 2.32. The minimum atomic E-state index is -4.53. The maximum atomic E-state index is 13.4. The van der Waals surface area contributed by atoms with Crippen LogP contribution < -0.4 is 10.9 Å². The Morgan fingerprint density at radius 2 is 1.77 bits per heavy atom. The molecule has 5 nitrogen and oxygen atoms in total. The highest BCUT2D eigenvalue weighted by atomic mass is 19.4. The Kier molecular flexibility index (Phi) is 5.56. The van der Waals surface area contributed by atoms with Crippen molar-refractivity contribution in [3.05, 3.63) is 108 Å². The Morgan fingerprint density at radius 3 is 2.51 bits per heavy atom. The first-order valence-electron chi connectivity index (χ1n) is 10.8. The molecule has 5 aromatic rings. The van der Waals surface area contributed by atoms with Gasteiger partial charge in [0, 0.05) is 47.0 Å². The van der Waals surface area contributed by atoms with Gasteiger partial charge in [0.1, 0.15) is 5.82 Å². The third-order valence-electron chi connectivity index (χ3n) is 5.67. The fourth-order valence-corrected chi connectivity index (χ4v) is 4.01. The van der Waals surface area contributed by atoms with Crippen LogP contribution in [-0.4, -0.2) is 21.1 Å². The Labute approximate surface area is 198 Å². The van der Waals surface area contributed by atoms with Crippen molar-refractivity contribution in [2.75, 3.05) is 11.9 Å². The van der Waals surface area contributed by atoms with Crippen LogP contribution in [0.2, 0.25) is 0 Å². The lowest BCUT2D eigenvalue weighted by atomic mass is 10.0. The normalized spacial score (nSPS) is 11.6. The molecule has 8 heteroatoms. The van der Waals surface area contributed by atoms with Crippen molar-refractivity contribution in [3.63, 3.8) is 0 Å². The van der Waals surface area contributed by atoms with E-state index in [1.54, 1.807) is 24.5 Å². The number of fused-ring (bicyclic) bond motifs is 3. The fourth-order valence-electron chi connectivity index (χ4n) is 4.01. The molecule has 0 bridgehead atoms. The van der Waals surface area contributed by atoms with E-state index in [4.69, 9.17) is 0 Å². The van der Waals surface area contributed by atoms with E-state index in [0.717, 1.165) is 23.3 Å². The third-order valence-corrected chi connectivity index (χ3v) is 5.67. The van der Waals surface area contributed by atoms with Gasteiger partial charge < -0.3 is 5.32 Å². The molecule has 0 spiro atoms. The third kappa shape index (κ3) is 4.26. The molecule has 3 heterocycles. The van der Waals surface area contributed by atoms with Crippen LogP contribution in [0.4, 0.5) is 19.0 Å². The van der Waals surface area contributed by atoms with Crippen molar-refractivity contribution >= 4 is 27.6 Å². The van der Waals surface area contributed by atoms with Gasteiger partial charge in [0.25, 0.3) is 5.56 Å². The molecule has 5 rings (SSSR count). The Hall–Kier alpha value is -4.46. The van der Waals surface area contributed by atoms with Crippen LogP contribution in [0, 0.1) is 0 Å². The summed E-state index contributed by atoms with van der Waals surface area (Å²) in [6, 6.07) is 17.1. The first kappa shape index (κ1) is 22.3. The summed E-state index contributed by atoms with van der Waals surface area (Å²) in [7, 11) is 0. The first-order chi connectivity index (χ1) is 16.8. The van der Waals surface area contributed by atoms with Crippen molar-refractivity contribution in [1.29, 1.82) is 0 Å². The van der Waals surface area contributed by atoms with Crippen molar-refractivity contribution in [2.45, 2.75) is 6.18 Å². The van der Waals surface area contributed by atoms with E-state index < -0.39 is 17.3 Å². The molecular formula is C27H19F3N4O. The summed E-state index contributed by atoms with van der Waals surface area (Å²) in [4.78, 5) is 21.8. The van der Waals surface area contributed by atoms with Gasteiger partial charge in [-0.1, -0.05) is 18.2 Å². The number of nitrogens with zero attached hydrogens (tertiary/aromatic N) is 3. The summed E-state index contributed by atoms with van der Waals surface area (Å²) >= 11 is 0. The molecule has 0 saturated heterocycles. The lowest BCUT2D eigenvalue weighted by Gasteiger charge is -2.15. The van der Waals surface area contributed by atoms with Gasteiger partial charge in [-0.25, -0.2) is 4.98 Å².